The molecule has 0 bridgehead atoms. The van der Waals surface area contributed by atoms with E-state index in [1.807, 2.05) is 0 Å². The Morgan fingerprint density at radius 2 is 2.00 bits per heavy atom. The summed E-state index contributed by atoms with van der Waals surface area (Å²) in [4.78, 5) is 36.6. The molecule has 7 heteroatoms. The van der Waals surface area contributed by atoms with E-state index in [0.29, 0.717) is 22.8 Å². The molecular weight excluding hydrogens is 294 g/mol. The zero-order valence-corrected chi connectivity index (χ0v) is 11.9. The summed E-state index contributed by atoms with van der Waals surface area (Å²) >= 11 is 5.78. The highest BCUT2D eigenvalue weighted by molar-refractivity contribution is 6.31. The fraction of sp³-hybridized carbons (Fsp3) is 0.357. The molecule has 1 aromatic carbocycles. The number of anilines is 2. The van der Waals surface area contributed by atoms with Gasteiger partial charge in [0, 0.05) is 18.0 Å². The van der Waals surface area contributed by atoms with Crippen molar-refractivity contribution in [3.05, 3.63) is 23.2 Å². The summed E-state index contributed by atoms with van der Waals surface area (Å²) in [5.74, 6) is -0.863. The molecule has 2 atom stereocenters. The molecule has 2 unspecified atom stereocenters. The van der Waals surface area contributed by atoms with Crippen LogP contribution in [-0.2, 0) is 14.4 Å². The molecule has 1 saturated carbocycles. The Morgan fingerprint density at radius 1 is 1.33 bits per heavy atom. The van der Waals surface area contributed by atoms with E-state index in [0.717, 1.165) is 0 Å². The second kappa shape index (κ2) is 5.04. The number of imide groups is 1. The molecule has 3 N–H and O–H groups in total. The van der Waals surface area contributed by atoms with E-state index in [9.17, 15) is 14.4 Å². The first-order chi connectivity index (χ1) is 9.97. The fourth-order valence-electron chi connectivity index (χ4n) is 2.54. The molecule has 1 heterocycles. The molecular formula is C14H14ClN3O3. The molecule has 2 fully saturated rings. The number of nitrogens with zero attached hydrogens (tertiary/aromatic N) is 1. The molecule has 0 radical (unpaired) electrons. The zero-order chi connectivity index (χ0) is 15.1. The highest BCUT2D eigenvalue weighted by Gasteiger charge is 2.58. The smallest absolute Gasteiger partial charge is 0.233 e. The molecule has 1 saturated heterocycles. The van der Waals surface area contributed by atoms with Crippen molar-refractivity contribution in [2.75, 3.05) is 17.6 Å². The van der Waals surface area contributed by atoms with E-state index in [1.165, 1.54) is 11.0 Å². The summed E-state index contributed by atoms with van der Waals surface area (Å²) in [6.07, 6.45) is 0.723. The minimum Gasteiger partial charge on any atom is -0.397 e. The number of nitrogens with two attached hydrogens (primary N) is 1. The highest BCUT2D eigenvalue weighted by Crippen LogP contribution is 2.46. The summed E-state index contributed by atoms with van der Waals surface area (Å²) in [6, 6.07) is 4.77. The Morgan fingerprint density at radius 3 is 2.62 bits per heavy atom. The van der Waals surface area contributed by atoms with E-state index >= 15 is 0 Å². The van der Waals surface area contributed by atoms with Crippen molar-refractivity contribution in [1.29, 1.82) is 0 Å². The van der Waals surface area contributed by atoms with Crippen LogP contribution in [0.1, 0.15) is 12.8 Å². The van der Waals surface area contributed by atoms with E-state index in [4.69, 9.17) is 17.3 Å². The Hall–Kier alpha value is -2.08. The number of piperidine rings is 1. The average Bonchev–Trinajstić information content (AvgIpc) is 3.17. The number of benzene rings is 1. The van der Waals surface area contributed by atoms with Gasteiger partial charge in [-0.2, -0.15) is 0 Å². The van der Waals surface area contributed by atoms with Crippen LogP contribution in [0, 0.1) is 11.8 Å². The van der Waals surface area contributed by atoms with Crippen LogP contribution >= 0.6 is 11.6 Å². The zero-order valence-electron chi connectivity index (χ0n) is 11.1. The number of nitrogens with one attached hydrogen (secondary N) is 1. The second-order valence-electron chi connectivity index (χ2n) is 5.31. The van der Waals surface area contributed by atoms with E-state index in [-0.39, 0.29) is 42.5 Å². The number of carbonyl (C=O) groups is 3. The quantitative estimate of drug-likeness (QED) is 0.647. The third kappa shape index (κ3) is 2.58. The van der Waals surface area contributed by atoms with Crippen LogP contribution in [-0.4, -0.2) is 29.2 Å². The van der Waals surface area contributed by atoms with E-state index in [2.05, 4.69) is 5.32 Å². The number of fused-ring (bicyclic) bond motifs is 1. The molecule has 3 rings (SSSR count). The molecule has 21 heavy (non-hydrogen) atoms. The van der Waals surface area contributed by atoms with E-state index in [1.54, 1.807) is 12.1 Å². The second-order valence-corrected chi connectivity index (χ2v) is 5.74. The predicted molar refractivity (Wildman–Crippen MR) is 77.4 cm³/mol. The van der Waals surface area contributed by atoms with Crippen LogP contribution in [0.2, 0.25) is 5.02 Å². The maximum absolute atomic E-state index is 11.9. The van der Waals surface area contributed by atoms with Crippen LogP contribution in [0.25, 0.3) is 0 Å². The molecule has 1 aliphatic heterocycles. The molecule has 3 amide bonds. The predicted octanol–water partition coefficient (Wildman–Crippen LogP) is 1.26. The SMILES string of the molecule is Nc1cc(Cl)ccc1NC(=O)CCN1C(=O)C2CC2C1=O. The number of likely N-dealkylation sites (tertiary alicyclic amines) is 1. The lowest BCUT2D eigenvalue weighted by atomic mass is 10.2. The maximum atomic E-state index is 11.9. The first-order valence-electron chi connectivity index (χ1n) is 6.67. The van der Waals surface area contributed by atoms with Gasteiger partial charge < -0.3 is 11.1 Å². The lowest BCUT2D eigenvalue weighted by Crippen LogP contribution is -2.35. The Bertz CT molecular complexity index is 626. The van der Waals surface area contributed by atoms with Gasteiger partial charge in [-0.05, 0) is 24.6 Å². The normalized spacial score (nSPS) is 23.2. The van der Waals surface area contributed by atoms with Gasteiger partial charge in [0.15, 0.2) is 0 Å². The van der Waals surface area contributed by atoms with E-state index < -0.39 is 0 Å². The van der Waals surface area contributed by atoms with Crippen LogP contribution < -0.4 is 11.1 Å². The van der Waals surface area contributed by atoms with Gasteiger partial charge in [-0.1, -0.05) is 11.6 Å². The van der Waals surface area contributed by atoms with Gasteiger partial charge in [-0.3, -0.25) is 19.3 Å². The van der Waals surface area contributed by atoms with Gasteiger partial charge in [-0.25, -0.2) is 0 Å². The number of amides is 3. The third-order valence-electron chi connectivity index (χ3n) is 3.81. The molecule has 0 spiro atoms. The molecule has 6 nitrogen and oxygen atoms in total. The summed E-state index contributed by atoms with van der Waals surface area (Å²) in [5.41, 5.74) is 6.57. The summed E-state index contributed by atoms with van der Waals surface area (Å²) in [5, 5.41) is 3.13. The van der Waals surface area contributed by atoms with Gasteiger partial charge in [0.1, 0.15) is 0 Å². The largest absolute Gasteiger partial charge is 0.397 e. The number of nitrogen functional groups attached to an aromatic ring is 1. The van der Waals surface area contributed by atoms with Gasteiger partial charge in [0.25, 0.3) is 0 Å². The minimum absolute atomic E-state index is 0.0546. The number of rotatable bonds is 4. The van der Waals surface area contributed by atoms with Gasteiger partial charge >= 0.3 is 0 Å². The molecule has 1 aromatic rings. The summed E-state index contributed by atoms with van der Waals surface area (Å²) < 4.78 is 0. The highest BCUT2D eigenvalue weighted by atomic mass is 35.5. The Kier molecular flexibility index (Phi) is 3.33. The summed E-state index contributed by atoms with van der Waals surface area (Å²) in [6.45, 7) is 0.115. The first kappa shape index (κ1) is 13.9. The fourth-order valence-corrected chi connectivity index (χ4v) is 2.72. The topological polar surface area (TPSA) is 92.5 Å². The monoisotopic (exact) mass is 307 g/mol. The van der Waals surface area contributed by atoms with Crippen molar-refractivity contribution in [2.24, 2.45) is 11.8 Å². The van der Waals surface area contributed by atoms with Crippen molar-refractivity contribution in [3.63, 3.8) is 0 Å². The van der Waals surface area contributed by atoms with Crippen LogP contribution in [0.3, 0.4) is 0 Å². The van der Waals surface area contributed by atoms with Crippen molar-refractivity contribution < 1.29 is 14.4 Å². The van der Waals surface area contributed by atoms with Gasteiger partial charge in [-0.15, -0.1) is 0 Å². The lowest BCUT2D eigenvalue weighted by Gasteiger charge is -2.16. The number of halogens is 1. The average molecular weight is 308 g/mol. The maximum Gasteiger partial charge on any atom is 0.233 e. The summed E-state index contributed by atoms with van der Waals surface area (Å²) in [7, 11) is 0. The first-order valence-corrected chi connectivity index (χ1v) is 7.05. The lowest BCUT2D eigenvalue weighted by molar-refractivity contribution is -0.141. The van der Waals surface area contributed by atoms with Gasteiger partial charge in [0.05, 0.1) is 23.2 Å². The number of hydrogen-bond acceptors (Lipinski definition) is 4. The Labute approximate surface area is 126 Å². The van der Waals surface area contributed by atoms with Crippen molar-refractivity contribution >= 4 is 40.7 Å². The van der Waals surface area contributed by atoms with Crippen LogP contribution in [0.5, 0.6) is 0 Å². The molecule has 1 aliphatic carbocycles. The van der Waals surface area contributed by atoms with Crippen molar-refractivity contribution in [2.45, 2.75) is 12.8 Å². The van der Waals surface area contributed by atoms with Gasteiger partial charge in [0.2, 0.25) is 17.7 Å². The molecule has 110 valence electrons. The van der Waals surface area contributed by atoms with Crippen molar-refractivity contribution in [1.82, 2.24) is 4.90 Å². The minimum atomic E-state index is -0.301. The third-order valence-corrected chi connectivity index (χ3v) is 4.04. The Balaban J connectivity index is 1.55. The number of hydrogen-bond donors (Lipinski definition) is 2. The van der Waals surface area contributed by atoms with Crippen LogP contribution in [0.15, 0.2) is 18.2 Å². The molecule has 2 aliphatic rings. The van der Waals surface area contributed by atoms with Crippen molar-refractivity contribution in [3.8, 4) is 0 Å². The standard InChI is InChI=1S/C14H14ClN3O3/c15-7-1-2-11(10(16)5-7)17-12(19)3-4-18-13(20)8-6-9(8)14(18)21/h1-2,5,8-9H,3-4,6,16H2,(H,17,19). The van der Waals surface area contributed by atoms with Crippen LogP contribution in [0.4, 0.5) is 11.4 Å². The number of carbonyl (C=O) groups excluding carboxylic acids is 3. The molecule has 0 aromatic heterocycles.